The lowest BCUT2D eigenvalue weighted by atomic mass is 9.84. The summed E-state index contributed by atoms with van der Waals surface area (Å²) >= 11 is 0. The molecule has 0 spiro atoms. The van der Waals surface area contributed by atoms with Crippen LogP contribution in [0.15, 0.2) is 71.4 Å². The molecular weight excluding hydrogens is 342 g/mol. The van der Waals surface area contributed by atoms with Crippen molar-refractivity contribution in [2.24, 2.45) is 22.7 Å². The van der Waals surface area contributed by atoms with Gasteiger partial charge in [0.15, 0.2) is 0 Å². The van der Waals surface area contributed by atoms with Crippen LogP contribution in [0.1, 0.15) is 40.5 Å². The first kappa shape index (κ1) is 22.0. The van der Waals surface area contributed by atoms with E-state index in [0.29, 0.717) is 17.8 Å². The van der Waals surface area contributed by atoms with Crippen molar-refractivity contribution in [2.75, 3.05) is 25.5 Å². The Hall–Kier alpha value is -2.29. The lowest BCUT2D eigenvalue weighted by Gasteiger charge is -2.37. The molecule has 2 atom stereocenters. The summed E-state index contributed by atoms with van der Waals surface area (Å²) in [5.41, 5.74) is 2.52. The smallest absolute Gasteiger partial charge is 0.122 e. The van der Waals surface area contributed by atoms with Gasteiger partial charge in [-0.25, -0.2) is 0 Å². The van der Waals surface area contributed by atoms with Gasteiger partial charge in [-0.1, -0.05) is 70.2 Å². The molecule has 2 unspecified atom stereocenters. The van der Waals surface area contributed by atoms with Crippen LogP contribution < -0.4 is 5.32 Å². The summed E-state index contributed by atoms with van der Waals surface area (Å²) in [6.07, 6.45) is 13.6. The number of anilines is 1. The minimum atomic E-state index is 0.486. The van der Waals surface area contributed by atoms with Crippen LogP contribution in [0.3, 0.4) is 0 Å². The van der Waals surface area contributed by atoms with Gasteiger partial charge in [0.25, 0.3) is 0 Å². The van der Waals surface area contributed by atoms with Crippen LogP contribution in [0.5, 0.6) is 0 Å². The number of nitrogens with one attached hydrogen (secondary N) is 1. The van der Waals surface area contributed by atoms with Gasteiger partial charge < -0.3 is 10.2 Å². The highest BCUT2D eigenvalue weighted by Gasteiger charge is 2.27. The Bertz CT molecular complexity index is 698. The molecule has 152 valence electrons. The van der Waals surface area contributed by atoms with Crippen LogP contribution in [0.4, 0.5) is 5.69 Å². The number of allylic oxidation sites excluding steroid dienone is 6. The largest absolute Gasteiger partial charge is 0.378 e. The number of hydrogen-bond donors (Lipinski definition) is 1. The first-order chi connectivity index (χ1) is 13.6. The van der Waals surface area contributed by atoms with Gasteiger partial charge in [0.2, 0.25) is 0 Å². The minimum Gasteiger partial charge on any atom is -0.378 e. The average Bonchev–Trinajstić information content (AvgIpc) is 2.72. The molecule has 0 radical (unpaired) electrons. The Kier molecular flexibility index (Phi) is 9.06. The maximum absolute atomic E-state index is 4.68. The molecule has 3 nitrogen and oxygen atoms in total. The van der Waals surface area contributed by atoms with E-state index in [2.05, 4.69) is 97.5 Å². The van der Waals surface area contributed by atoms with E-state index in [-0.39, 0.29) is 0 Å². The van der Waals surface area contributed by atoms with Crippen molar-refractivity contribution >= 4 is 11.5 Å². The Morgan fingerprint density at radius 1 is 1.25 bits per heavy atom. The van der Waals surface area contributed by atoms with E-state index >= 15 is 0 Å². The highest BCUT2D eigenvalue weighted by molar-refractivity contribution is 5.88. The SMILES string of the molecule is CCC=CC(C)C1CC=CC=C1N(CC(C)C)C(CNc1ccccc1)=NC. The van der Waals surface area contributed by atoms with Crippen molar-refractivity contribution in [1.29, 1.82) is 0 Å². The van der Waals surface area contributed by atoms with Gasteiger partial charge in [0, 0.05) is 30.9 Å². The van der Waals surface area contributed by atoms with E-state index in [9.17, 15) is 0 Å². The number of hydrogen-bond acceptors (Lipinski definition) is 2. The fourth-order valence-electron chi connectivity index (χ4n) is 3.65. The number of rotatable bonds is 9. The minimum absolute atomic E-state index is 0.486. The summed E-state index contributed by atoms with van der Waals surface area (Å²) in [5, 5.41) is 3.54. The molecule has 1 aromatic carbocycles. The van der Waals surface area contributed by atoms with E-state index in [1.807, 2.05) is 13.1 Å². The molecule has 0 saturated heterocycles. The molecule has 0 aliphatic heterocycles. The normalized spacial score (nSPS) is 18.4. The fraction of sp³-hybridized carbons (Fsp3) is 0.480. The lowest BCUT2D eigenvalue weighted by molar-refractivity contribution is 0.342. The van der Waals surface area contributed by atoms with Crippen LogP contribution in [-0.2, 0) is 0 Å². The van der Waals surface area contributed by atoms with Crippen LogP contribution in [0.2, 0.25) is 0 Å². The summed E-state index contributed by atoms with van der Waals surface area (Å²) in [4.78, 5) is 7.13. The summed E-state index contributed by atoms with van der Waals surface area (Å²) in [6, 6.07) is 10.4. The van der Waals surface area contributed by atoms with Crippen LogP contribution in [-0.4, -0.2) is 30.9 Å². The van der Waals surface area contributed by atoms with E-state index in [1.54, 1.807) is 0 Å². The van der Waals surface area contributed by atoms with Crippen molar-refractivity contribution < 1.29 is 0 Å². The quantitative estimate of drug-likeness (QED) is 0.317. The molecule has 1 aliphatic carbocycles. The molecule has 1 aliphatic rings. The second-order valence-electron chi connectivity index (χ2n) is 7.92. The Balaban J connectivity index is 2.24. The molecule has 0 bridgehead atoms. The standard InChI is InChI=1S/C25H37N3/c1-6-7-13-21(4)23-16-11-12-17-24(23)28(19-20(2)3)25(26-5)18-27-22-14-9-8-10-15-22/h7-15,17,20-21,23,27H,6,16,18-19H2,1-5H3. The van der Waals surface area contributed by atoms with Crippen LogP contribution in [0, 0.1) is 17.8 Å². The molecule has 28 heavy (non-hydrogen) atoms. The number of benzene rings is 1. The highest BCUT2D eigenvalue weighted by atomic mass is 15.2. The van der Waals surface area contributed by atoms with Crippen molar-refractivity contribution in [3.63, 3.8) is 0 Å². The Morgan fingerprint density at radius 2 is 2.00 bits per heavy atom. The second-order valence-corrected chi connectivity index (χ2v) is 7.92. The average molecular weight is 380 g/mol. The maximum atomic E-state index is 4.68. The molecule has 1 aromatic rings. The molecule has 0 amide bonds. The van der Waals surface area contributed by atoms with Gasteiger partial charge in [-0.05, 0) is 42.9 Å². The lowest BCUT2D eigenvalue weighted by Crippen LogP contribution is -2.41. The van der Waals surface area contributed by atoms with Crippen LogP contribution >= 0.6 is 0 Å². The molecule has 0 saturated carbocycles. The van der Waals surface area contributed by atoms with Gasteiger partial charge in [0.05, 0.1) is 6.54 Å². The summed E-state index contributed by atoms with van der Waals surface area (Å²) in [7, 11) is 1.91. The monoisotopic (exact) mass is 379 g/mol. The topological polar surface area (TPSA) is 27.6 Å². The van der Waals surface area contributed by atoms with Gasteiger partial charge in [-0.3, -0.25) is 4.99 Å². The maximum Gasteiger partial charge on any atom is 0.122 e. The molecule has 0 heterocycles. The molecule has 2 rings (SSSR count). The third-order valence-corrected chi connectivity index (χ3v) is 5.14. The number of amidine groups is 1. The fourth-order valence-corrected chi connectivity index (χ4v) is 3.65. The highest BCUT2D eigenvalue weighted by Crippen LogP contribution is 2.32. The van der Waals surface area contributed by atoms with Gasteiger partial charge in [-0.15, -0.1) is 0 Å². The number of aliphatic imine (C=N–C) groups is 1. The summed E-state index contributed by atoms with van der Waals surface area (Å²) in [5.74, 6) is 2.64. The Labute approximate surface area is 171 Å². The molecular formula is C25H37N3. The van der Waals surface area contributed by atoms with Crippen molar-refractivity contribution in [2.45, 2.75) is 40.5 Å². The van der Waals surface area contributed by atoms with E-state index < -0.39 is 0 Å². The third-order valence-electron chi connectivity index (χ3n) is 5.14. The first-order valence-electron chi connectivity index (χ1n) is 10.6. The Morgan fingerprint density at radius 3 is 2.64 bits per heavy atom. The van der Waals surface area contributed by atoms with Crippen LogP contribution in [0.25, 0.3) is 0 Å². The van der Waals surface area contributed by atoms with Gasteiger partial charge in [0.1, 0.15) is 5.84 Å². The zero-order valence-electron chi connectivity index (χ0n) is 18.2. The summed E-state index contributed by atoms with van der Waals surface area (Å²) < 4.78 is 0. The molecule has 3 heteroatoms. The third kappa shape index (κ3) is 6.40. The van der Waals surface area contributed by atoms with Gasteiger partial charge in [-0.2, -0.15) is 0 Å². The zero-order valence-corrected chi connectivity index (χ0v) is 18.2. The summed E-state index contributed by atoms with van der Waals surface area (Å²) in [6.45, 7) is 10.8. The van der Waals surface area contributed by atoms with E-state index in [0.717, 1.165) is 37.5 Å². The molecule has 1 N–H and O–H groups in total. The second kappa shape index (κ2) is 11.5. The zero-order chi connectivity index (χ0) is 20.4. The van der Waals surface area contributed by atoms with Crippen molar-refractivity contribution in [1.82, 2.24) is 4.90 Å². The number of nitrogens with zero attached hydrogens (tertiary/aromatic N) is 2. The van der Waals surface area contributed by atoms with E-state index in [4.69, 9.17) is 0 Å². The predicted molar refractivity (Wildman–Crippen MR) is 124 cm³/mol. The predicted octanol–water partition coefficient (Wildman–Crippen LogP) is 6.15. The van der Waals surface area contributed by atoms with Crippen molar-refractivity contribution in [3.05, 3.63) is 66.4 Å². The van der Waals surface area contributed by atoms with Crippen molar-refractivity contribution in [3.8, 4) is 0 Å². The number of para-hydroxylation sites is 1. The first-order valence-corrected chi connectivity index (χ1v) is 10.6. The molecule has 0 aromatic heterocycles. The molecule has 0 fully saturated rings. The van der Waals surface area contributed by atoms with Gasteiger partial charge >= 0.3 is 0 Å². The van der Waals surface area contributed by atoms with E-state index in [1.165, 1.54) is 5.70 Å².